The summed E-state index contributed by atoms with van der Waals surface area (Å²) in [5, 5.41) is 9.38. The van der Waals surface area contributed by atoms with Crippen molar-refractivity contribution in [2.45, 2.75) is 42.8 Å². The molecule has 1 amide bonds. The molecule has 0 saturated carbocycles. The molecule has 3 heterocycles. The number of nitrogens with zero attached hydrogens (tertiary/aromatic N) is 3. The van der Waals surface area contributed by atoms with E-state index in [1.54, 1.807) is 25.3 Å². The summed E-state index contributed by atoms with van der Waals surface area (Å²) in [5.74, 6) is -0.251. The van der Waals surface area contributed by atoms with Crippen LogP contribution in [-0.4, -0.2) is 43.6 Å². The van der Waals surface area contributed by atoms with Gasteiger partial charge < -0.3 is 10.1 Å². The summed E-state index contributed by atoms with van der Waals surface area (Å²) in [4.78, 5) is 28.2. The van der Waals surface area contributed by atoms with Gasteiger partial charge in [0.1, 0.15) is 0 Å². The van der Waals surface area contributed by atoms with Gasteiger partial charge in [-0.2, -0.15) is 0 Å². The Balaban J connectivity index is 1.66. The van der Waals surface area contributed by atoms with Crippen molar-refractivity contribution >= 4 is 35.0 Å². The van der Waals surface area contributed by atoms with Gasteiger partial charge in [-0.25, -0.2) is 14.9 Å². The summed E-state index contributed by atoms with van der Waals surface area (Å²) in [6.45, 7) is 2.88. The molecule has 1 saturated heterocycles. The molecular formula is C15H18ClN5O3S. The first-order chi connectivity index (χ1) is 12.0. The second-order valence-electron chi connectivity index (χ2n) is 5.65. The Morgan fingerprint density at radius 1 is 1.64 bits per heavy atom. The molecular weight excluding hydrogens is 366 g/mol. The molecule has 0 spiro atoms. The summed E-state index contributed by atoms with van der Waals surface area (Å²) >= 11 is 7.14. The Labute approximate surface area is 153 Å². The molecule has 3 rings (SSSR count). The molecule has 0 bridgehead atoms. The first-order valence-corrected chi connectivity index (χ1v) is 9.15. The van der Waals surface area contributed by atoms with Crippen LogP contribution < -0.4 is 11.0 Å². The lowest BCUT2D eigenvalue weighted by atomic mass is 10.2. The largest absolute Gasteiger partial charge is 0.376 e. The van der Waals surface area contributed by atoms with Gasteiger partial charge in [-0.05, 0) is 31.9 Å². The number of rotatable bonds is 6. The Morgan fingerprint density at radius 2 is 2.48 bits per heavy atom. The SMILES string of the molecule is C[C@H](Sc1n[nH]c(=O)n1C[C@H]1CCCO1)C(=O)Nc1cccnc1Cl. The van der Waals surface area contributed by atoms with E-state index in [1.165, 1.54) is 16.3 Å². The summed E-state index contributed by atoms with van der Waals surface area (Å²) in [5.41, 5.74) is 0.140. The van der Waals surface area contributed by atoms with E-state index in [-0.39, 0.29) is 22.9 Å². The Bertz CT molecular complexity index is 802. The van der Waals surface area contributed by atoms with Crippen LogP contribution in [-0.2, 0) is 16.1 Å². The third-order valence-corrected chi connectivity index (χ3v) is 5.19. The number of aromatic amines is 1. The predicted octanol–water partition coefficient (Wildman–Crippen LogP) is 1.92. The molecule has 2 atom stereocenters. The maximum Gasteiger partial charge on any atom is 0.344 e. The topological polar surface area (TPSA) is 102 Å². The lowest BCUT2D eigenvalue weighted by molar-refractivity contribution is -0.115. The van der Waals surface area contributed by atoms with Gasteiger partial charge in [0.05, 0.1) is 23.6 Å². The van der Waals surface area contributed by atoms with Crippen LogP contribution in [0.25, 0.3) is 0 Å². The van der Waals surface area contributed by atoms with E-state index in [0.29, 0.717) is 24.0 Å². The van der Waals surface area contributed by atoms with Crippen LogP contribution in [0.5, 0.6) is 0 Å². The van der Waals surface area contributed by atoms with Crippen LogP contribution in [0.15, 0.2) is 28.3 Å². The summed E-state index contributed by atoms with van der Waals surface area (Å²) in [6.07, 6.45) is 3.46. The number of ether oxygens (including phenoxy) is 1. The molecule has 0 unspecified atom stereocenters. The molecule has 1 aliphatic rings. The molecule has 8 nitrogen and oxygen atoms in total. The zero-order chi connectivity index (χ0) is 17.8. The number of aromatic nitrogens is 4. The summed E-state index contributed by atoms with van der Waals surface area (Å²) in [6, 6.07) is 3.36. The molecule has 0 radical (unpaired) electrons. The Kier molecular flexibility index (Phi) is 5.77. The molecule has 0 aliphatic carbocycles. The van der Waals surface area contributed by atoms with E-state index < -0.39 is 5.25 Å². The number of hydrogen-bond donors (Lipinski definition) is 2. The zero-order valence-corrected chi connectivity index (χ0v) is 15.1. The van der Waals surface area contributed by atoms with Crippen LogP contribution in [0.2, 0.25) is 5.15 Å². The minimum Gasteiger partial charge on any atom is -0.376 e. The Hall–Kier alpha value is -1.84. The van der Waals surface area contributed by atoms with Gasteiger partial charge in [-0.15, -0.1) is 5.10 Å². The summed E-state index contributed by atoms with van der Waals surface area (Å²) < 4.78 is 7.08. The quantitative estimate of drug-likeness (QED) is 0.583. The zero-order valence-electron chi connectivity index (χ0n) is 13.6. The average Bonchev–Trinajstić information content (AvgIpc) is 3.22. The van der Waals surface area contributed by atoms with Crippen molar-refractivity contribution in [2.24, 2.45) is 0 Å². The van der Waals surface area contributed by atoms with Crippen molar-refractivity contribution < 1.29 is 9.53 Å². The van der Waals surface area contributed by atoms with E-state index >= 15 is 0 Å². The highest BCUT2D eigenvalue weighted by Crippen LogP contribution is 2.24. The highest BCUT2D eigenvalue weighted by Gasteiger charge is 2.23. The van der Waals surface area contributed by atoms with Crippen LogP contribution in [0.3, 0.4) is 0 Å². The summed E-state index contributed by atoms with van der Waals surface area (Å²) in [7, 11) is 0. The van der Waals surface area contributed by atoms with Crippen molar-refractivity contribution in [2.75, 3.05) is 11.9 Å². The molecule has 10 heteroatoms. The van der Waals surface area contributed by atoms with E-state index in [2.05, 4.69) is 20.5 Å². The normalized spacial score (nSPS) is 18.2. The molecule has 2 N–H and O–H groups in total. The van der Waals surface area contributed by atoms with Crippen LogP contribution in [0.1, 0.15) is 19.8 Å². The molecule has 134 valence electrons. The number of hydrogen-bond acceptors (Lipinski definition) is 6. The number of carbonyl (C=O) groups excluding carboxylic acids is 1. The van der Waals surface area contributed by atoms with E-state index in [1.807, 2.05) is 0 Å². The van der Waals surface area contributed by atoms with Gasteiger partial charge >= 0.3 is 5.69 Å². The van der Waals surface area contributed by atoms with Crippen molar-refractivity contribution in [1.82, 2.24) is 19.7 Å². The molecule has 2 aromatic heterocycles. The van der Waals surface area contributed by atoms with Crippen molar-refractivity contribution in [3.8, 4) is 0 Å². The van der Waals surface area contributed by atoms with Gasteiger partial charge in [0.25, 0.3) is 0 Å². The van der Waals surface area contributed by atoms with Crippen LogP contribution >= 0.6 is 23.4 Å². The number of halogens is 1. The Morgan fingerprint density at radius 3 is 3.20 bits per heavy atom. The lowest BCUT2D eigenvalue weighted by Gasteiger charge is -2.14. The van der Waals surface area contributed by atoms with Crippen molar-refractivity contribution in [1.29, 1.82) is 0 Å². The minimum atomic E-state index is -0.477. The minimum absolute atomic E-state index is 0.00739. The number of thioether (sulfide) groups is 1. The third-order valence-electron chi connectivity index (χ3n) is 3.80. The number of H-pyrrole nitrogens is 1. The fraction of sp³-hybridized carbons (Fsp3) is 0.467. The van der Waals surface area contributed by atoms with E-state index in [0.717, 1.165) is 12.8 Å². The molecule has 1 aliphatic heterocycles. The van der Waals surface area contributed by atoms with Crippen LogP contribution in [0, 0.1) is 0 Å². The fourth-order valence-electron chi connectivity index (χ4n) is 2.47. The number of carbonyl (C=O) groups is 1. The smallest absolute Gasteiger partial charge is 0.344 e. The number of nitrogens with one attached hydrogen (secondary N) is 2. The lowest BCUT2D eigenvalue weighted by Crippen LogP contribution is -2.27. The maximum absolute atomic E-state index is 12.4. The van der Waals surface area contributed by atoms with Crippen molar-refractivity contribution in [3.63, 3.8) is 0 Å². The second-order valence-corrected chi connectivity index (χ2v) is 7.31. The number of amides is 1. The monoisotopic (exact) mass is 383 g/mol. The van der Waals surface area contributed by atoms with Crippen LogP contribution in [0.4, 0.5) is 5.69 Å². The first kappa shape index (κ1) is 18.0. The highest BCUT2D eigenvalue weighted by atomic mass is 35.5. The maximum atomic E-state index is 12.4. The average molecular weight is 384 g/mol. The number of pyridine rings is 1. The van der Waals surface area contributed by atoms with Gasteiger partial charge in [-0.3, -0.25) is 9.36 Å². The molecule has 1 fully saturated rings. The van der Waals surface area contributed by atoms with Gasteiger partial charge in [0.2, 0.25) is 5.91 Å². The molecule has 25 heavy (non-hydrogen) atoms. The number of anilines is 1. The predicted molar refractivity (Wildman–Crippen MR) is 95.0 cm³/mol. The van der Waals surface area contributed by atoms with Gasteiger partial charge in [-0.1, -0.05) is 23.4 Å². The van der Waals surface area contributed by atoms with Gasteiger partial charge in [0.15, 0.2) is 10.3 Å². The fourth-order valence-corrected chi connectivity index (χ4v) is 3.50. The van der Waals surface area contributed by atoms with E-state index in [4.69, 9.17) is 16.3 Å². The third kappa shape index (κ3) is 4.42. The first-order valence-electron chi connectivity index (χ1n) is 7.89. The van der Waals surface area contributed by atoms with Crippen molar-refractivity contribution in [3.05, 3.63) is 34.0 Å². The molecule has 2 aromatic rings. The van der Waals surface area contributed by atoms with E-state index in [9.17, 15) is 9.59 Å². The highest BCUT2D eigenvalue weighted by molar-refractivity contribution is 8.00. The standard InChI is InChI=1S/C15H18ClN5O3S/c1-9(13(22)18-11-5-2-6-17-12(11)16)25-15-20-19-14(23)21(15)8-10-4-3-7-24-10/h2,5-6,9-10H,3-4,7-8H2,1H3,(H,18,22)(H,19,23)/t9-,10+/m0/s1. The molecule has 0 aromatic carbocycles. The second kappa shape index (κ2) is 8.03. The van der Waals surface area contributed by atoms with Gasteiger partial charge in [0, 0.05) is 12.8 Å².